The van der Waals surface area contributed by atoms with Crippen LogP contribution in [0.1, 0.15) is 0 Å². The van der Waals surface area contributed by atoms with E-state index in [-0.39, 0.29) is 10.9 Å². The molecule has 1 aromatic heterocycles. The molecule has 0 N–H and O–H groups in total. The Morgan fingerprint density at radius 3 is 2.39 bits per heavy atom. The topological polar surface area (TPSA) is 44.1 Å². The van der Waals surface area contributed by atoms with E-state index in [4.69, 9.17) is 0 Å². The molecule has 0 amide bonds. The van der Waals surface area contributed by atoms with Gasteiger partial charge in [0.15, 0.2) is 0 Å². The standard InChI is InChI=1S/C15H8F4N2O2/c16-9-1-6-12-13(7-9)20-8-21(14(12)22)10-2-4-11(5-3-10)23-15(17,18)19/h1-8H. The highest BCUT2D eigenvalue weighted by atomic mass is 19.4. The van der Waals surface area contributed by atoms with Crippen LogP contribution in [0.15, 0.2) is 53.6 Å². The molecule has 0 fully saturated rings. The summed E-state index contributed by atoms with van der Waals surface area (Å²) in [5.74, 6) is -0.916. The Bertz CT molecular complexity index is 917. The summed E-state index contributed by atoms with van der Waals surface area (Å²) < 4.78 is 54.4. The van der Waals surface area contributed by atoms with Crippen molar-refractivity contribution < 1.29 is 22.3 Å². The highest BCUT2D eigenvalue weighted by Crippen LogP contribution is 2.23. The number of fused-ring (bicyclic) bond motifs is 1. The first kappa shape index (κ1) is 15.0. The van der Waals surface area contributed by atoms with Crippen molar-refractivity contribution in [2.45, 2.75) is 6.36 Å². The second-order valence-corrected chi connectivity index (χ2v) is 4.62. The van der Waals surface area contributed by atoms with Gasteiger partial charge in [0.25, 0.3) is 5.56 Å². The molecule has 0 aliphatic heterocycles. The molecule has 4 nitrogen and oxygen atoms in total. The second kappa shape index (κ2) is 5.38. The lowest BCUT2D eigenvalue weighted by atomic mass is 10.2. The first-order valence-electron chi connectivity index (χ1n) is 6.36. The van der Waals surface area contributed by atoms with Crippen molar-refractivity contribution in [3.8, 4) is 11.4 Å². The average molecular weight is 324 g/mol. The van der Waals surface area contributed by atoms with Crippen LogP contribution in [0, 0.1) is 5.82 Å². The van der Waals surface area contributed by atoms with E-state index < -0.39 is 23.5 Å². The van der Waals surface area contributed by atoms with Crippen LogP contribution in [0.5, 0.6) is 5.75 Å². The molecule has 3 aromatic rings. The Morgan fingerprint density at radius 2 is 1.74 bits per heavy atom. The molecule has 118 valence electrons. The third-order valence-electron chi connectivity index (χ3n) is 3.07. The van der Waals surface area contributed by atoms with Gasteiger partial charge in [-0.3, -0.25) is 9.36 Å². The van der Waals surface area contributed by atoms with Gasteiger partial charge in [-0.2, -0.15) is 0 Å². The van der Waals surface area contributed by atoms with Crippen LogP contribution in [0.4, 0.5) is 17.6 Å². The fourth-order valence-corrected chi connectivity index (χ4v) is 2.09. The van der Waals surface area contributed by atoms with Crippen molar-refractivity contribution in [2.75, 3.05) is 0 Å². The molecule has 0 saturated carbocycles. The summed E-state index contributed by atoms with van der Waals surface area (Å²) >= 11 is 0. The number of hydrogen-bond donors (Lipinski definition) is 0. The molecular weight excluding hydrogens is 316 g/mol. The Kier molecular flexibility index (Phi) is 3.51. The number of nitrogens with zero attached hydrogens (tertiary/aromatic N) is 2. The molecule has 8 heteroatoms. The number of aromatic nitrogens is 2. The SMILES string of the molecule is O=c1c2ccc(F)cc2ncn1-c1ccc(OC(F)(F)F)cc1. The second-order valence-electron chi connectivity index (χ2n) is 4.62. The van der Waals surface area contributed by atoms with Crippen molar-refractivity contribution in [3.05, 3.63) is 65.0 Å². The monoisotopic (exact) mass is 324 g/mol. The van der Waals surface area contributed by atoms with E-state index in [1.165, 1.54) is 24.5 Å². The van der Waals surface area contributed by atoms with Gasteiger partial charge < -0.3 is 4.74 Å². The minimum absolute atomic E-state index is 0.197. The van der Waals surface area contributed by atoms with Crippen LogP contribution in [0.3, 0.4) is 0 Å². The molecule has 0 aliphatic rings. The van der Waals surface area contributed by atoms with E-state index in [1.54, 1.807) is 0 Å². The fraction of sp³-hybridized carbons (Fsp3) is 0.0667. The van der Waals surface area contributed by atoms with E-state index >= 15 is 0 Å². The summed E-state index contributed by atoms with van der Waals surface area (Å²) in [6, 6.07) is 8.32. The molecule has 0 atom stereocenters. The van der Waals surface area contributed by atoms with Gasteiger partial charge in [-0.05, 0) is 36.4 Å². The lowest BCUT2D eigenvalue weighted by Gasteiger charge is -2.10. The first-order chi connectivity index (χ1) is 10.8. The van der Waals surface area contributed by atoms with Crippen molar-refractivity contribution in [3.63, 3.8) is 0 Å². The van der Waals surface area contributed by atoms with Crippen LogP contribution in [-0.2, 0) is 0 Å². The first-order valence-corrected chi connectivity index (χ1v) is 6.36. The number of hydrogen-bond acceptors (Lipinski definition) is 3. The van der Waals surface area contributed by atoms with Crippen molar-refractivity contribution in [1.29, 1.82) is 0 Å². The summed E-state index contributed by atoms with van der Waals surface area (Å²) in [4.78, 5) is 16.3. The zero-order chi connectivity index (χ0) is 16.6. The van der Waals surface area contributed by atoms with Crippen LogP contribution in [-0.4, -0.2) is 15.9 Å². The maximum absolute atomic E-state index is 13.1. The van der Waals surface area contributed by atoms with E-state index in [0.29, 0.717) is 5.69 Å². The van der Waals surface area contributed by atoms with Gasteiger partial charge in [0, 0.05) is 6.07 Å². The van der Waals surface area contributed by atoms with Crippen molar-refractivity contribution >= 4 is 10.9 Å². The highest BCUT2D eigenvalue weighted by molar-refractivity contribution is 5.77. The number of ether oxygens (including phenoxy) is 1. The normalized spacial score (nSPS) is 11.7. The van der Waals surface area contributed by atoms with Crippen LogP contribution < -0.4 is 10.3 Å². The van der Waals surface area contributed by atoms with Gasteiger partial charge in [0.2, 0.25) is 0 Å². The highest BCUT2D eigenvalue weighted by Gasteiger charge is 2.30. The lowest BCUT2D eigenvalue weighted by Crippen LogP contribution is -2.19. The van der Waals surface area contributed by atoms with Crippen molar-refractivity contribution in [1.82, 2.24) is 9.55 Å². The molecular formula is C15H8F4N2O2. The largest absolute Gasteiger partial charge is 0.573 e. The zero-order valence-corrected chi connectivity index (χ0v) is 11.3. The van der Waals surface area contributed by atoms with Crippen LogP contribution >= 0.6 is 0 Å². The fourth-order valence-electron chi connectivity index (χ4n) is 2.09. The minimum Gasteiger partial charge on any atom is -0.406 e. The van der Waals surface area contributed by atoms with Gasteiger partial charge in [-0.25, -0.2) is 9.37 Å². The summed E-state index contributed by atoms with van der Waals surface area (Å²) in [5.41, 5.74) is 0.0472. The van der Waals surface area contributed by atoms with Gasteiger partial charge in [0.1, 0.15) is 17.9 Å². The molecule has 0 spiro atoms. The Morgan fingerprint density at radius 1 is 1.04 bits per heavy atom. The Hall–Kier alpha value is -2.90. The predicted octanol–water partition coefficient (Wildman–Crippen LogP) is 3.42. The number of alkyl halides is 3. The maximum atomic E-state index is 13.1. The average Bonchev–Trinajstić information content (AvgIpc) is 2.47. The Labute approximate surface area is 126 Å². The minimum atomic E-state index is -4.78. The van der Waals surface area contributed by atoms with Crippen molar-refractivity contribution in [2.24, 2.45) is 0 Å². The molecule has 0 radical (unpaired) electrons. The zero-order valence-electron chi connectivity index (χ0n) is 11.3. The third-order valence-corrected chi connectivity index (χ3v) is 3.07. The van der Waals surface area contributed by atoms with Gasteiger partial charge in [0.05, 0.1) is 16.6 Å². The quantitative estimate of drug-likeness (QED) is 0.679. The van der Waals surface area contributed by atoms with E-state index in [2.05, 4.69) is 9.72 Å². The molecule has 23 heavy (non-hydrogen) atoms. The van der Waals surface area contributed by atoms with Gasteiger partial charge in [-0.1, -0.05) is 0 Å². The smallest absolute Gasteiger partial charge is 0.406 e. The number of rotatable bonds is 2. The molecule has 0 aliphatic carbocycles. The Balaban J connectivity index is 2.02. The predicted molar refractivity (Wildman–Crippen MR) is 74.0 cm³/mol. The molecule has 3 rings (SSSR count). The van der Waals surface area contributed by atoms with E-state index in [9.17, 15) is 22.4 Å². The number of halogens is 4. The molecule has 0 bridgehead atoms. The molecule has 2 aromatic carbocycles. The summed E-state index contributed by atoms with van der Waals surface area (Å²) in [5, 5.41) is 0.199. The third kappa shape index (κ3) is 3.15. The summed E-state index contributed by atoms with van der Waals surface area (Å²) in [7, 11) is 0. The van der Waals surface area contributed by atoms with Crippen LogP contribution in [0.2, 0.25) is 0 Å². The maximum Gasteiger partial charge on any atom is 0.573 e. The van der Waals surface area contributed by atoms with E-state index in [0.717, 1.165) is 28.8 Å². The summed E-state index contributed by atoms with van der Waals surface area (Å²) in [6.45, 7) is 0. The number of benzene rings is 2. The molecule has 0 unspecified atom stereocenters. The lowest BCUT2D eigenvalue weighted by molar-refractivity contribution is -0.274. The van der Waals surface area contributed by atoms with Gasteiger partial charge >= 0.3 is 6.36 Å². The van der Waals surface area contributed by atoms with Gasteiger partial charge in [-0.15, -0.1) is 13.2 Å². The van der Waals surface area contributed by atoms with E-state index in [1.807, 2.05) is 0 Å². The van der Waals surface area contributed by atoms with Crippen LogP contribution in [0.25, 0.3) is 16.6 Å². The summed E-state index contributed by atoms with van der Waals surface area (Å²) in [6.07, 6.45) is -3.60. The molecule has 0 saturated heterocycles. The molecule has 1 heterocycles.